The third-order valence-electron chi connectivity index (χ3n) is 4.22. The van der Waals surface area contributed by atoms with E-state index in [0.717, 1.165) is 17.0 Å². The van der Waals surface area contributed by atoms with Crippen molar-refractivity contribution in [3.8, 4) is 0 Å². The maximum atomic E-state index is 6.31. The van der Waals surface area contributed by atoms with Gasteiger partial charge in [-0.25, -0.2) is 0 Å². The molecule has 0 aromatic rings. The van der Waals surface area contributed by atoms with Crippen LogP contribution in [0.25, 0.3) is 0 Å². The summed E-state index contributed by atoms with van der Waals surface area (Å²) in [5.41, 5.74) is 0.599. The van der Waals surface area contributed by atoms with E-state index < -0.39 is 0 Å². The zero-order chi connectivity index (χ0) is 13.6. The maximum Gasteiger partial charge on any atom is 0.0771 e. The Labute approximate surface area is 128 Å². The molecule has 0 N–H and O–H groups in total. The summed E-state index contributed by atoms with van der Waals surface area (Å²) in [6.07, 6.45) is 9.25. The van der Waals surface area contributed by atoms with Gasteiger partial charge in [-0.15, -0.1) is 0 Å². The van der Waals surface area contributed by atoms with Gasteiger partial charge in [0.2, 0.25) is 0 Å². The maximum absolute atomic E-state index is 6.31. The minimum Gasteiger partial charge on any atom is -0.374 e. The highest BCUT2D eigenvalue weighted by atomic mass is 127. The molecule has 0 radical (unpaired) electrons. The van der Waals surface area contributed by atoms with E-state index in [1.54, 1.807) is 0 Å². The molecule has 2 heteroatoms. The van der Waals surface area contributed by atoms with Crippen LogP contribution in [0.4, 0.5) is 0 Å². The molecule has 0 aromatic heterocycles. The van der Waals surface area contributed by atoms with E-state index >= 15 is 0 Å². The molecule has 0 aromatic carbocycles. The molecule has 0 amide bonds. The monoisotopic (exact) mass is 366 g/mol. The normalized spacial score (nSPS) is 29.5. The Hall–Kier alpha value is 0.690. The van der Waals surface area contributed by atoms with E-state index in [1.165, 1.54) is 44.9 Å². The highest BCUT2D eigenvalue weighted by Gasteiger charge is 2.35. The van der Waals surface area contributed by atoms with Gasteiger partial charge in [-0.2, -0.15) is 0 Å². The van der Waals surface area contributed by atoms with Gasteiger partial charge in [-0.1, -0.05) is 63.1 Å². The molecular weight excluding hydrogens is 335 g/mol. The lowest BCUT2D eigenvalue weighted by molar-refractivity contribution is -0.0664. The summed E-state index contributed by atoms with van der Waals surface area (Å²) in [6.45, 7) is 10.1. The molecule has 1 fully saturated rings. The fourth-order valence-corrected chi connectivity index (χ4v) is 3.77. The van der Waals surface area contributed by atoms with Gasteiger partial charge in [0.25, 0.3) is 0 Å². The number of halogens is 1. The van der Waals surface area contributed by atoms with Gasteiger partial charge in [-0.05, 0) is 43.4 Å². The minimum atomic E-state index is 0.204. The van der Waals surface area contributed by atoms with Gasteiger partial charge in [0, 0.05) is 11.0 Å². The lowest BCUT2D eigenvalue weighted by Gasteiger charge is -2.39. The molecule has 1 aliphatic carbocycles. The van der Waals surface area contributed by atoms with Crippen molar-refractivity contribution in [3.05, 3.63) is 0 Å². The molecule has 0 saturated heterocycles. The second-order valence-corrected chi connectivity index (χ2v) is 7.97. The van der Waals surface area contributed by atoms with Crippen LogP contribution in [0.2, 0.25) is 0 Å². The number of rotatable bonds is 6. The summed E-state index contributed by atoms with van der Waals surface area (Å²) < 4.78 is 7.48. The standard InChI is InChI=1S/C16H31IO/c1-5-6-14-7-9-16(13-17,10-8-14)18-12-11-15(2,3)4/h14H,5-13H2,1-4H3. The summed E-state index contributed by atoms with van der Waals surface area (Å²) in [4.78, 5) is 0. The fraction of sp³-hybridized carbons (Fsp3) is 1.00. The van der Waals surface area contributed by atoms with Crippen molar-refractivity contribution < 1.29 is 4.74 Å². The Morgan fingerprint density at radius 3 is 2.28 bits per heavy atom. The van der Waals surface area contributed by atoms with E-state index in [9.17, 15) is 0 Å². The average molecular weight is 366 g/mol. The van der Waals surface area contributed by atoms with Gasteiger partial charge in [0.1, 0.15) is 0 Å². The van der Waals surface area contributed by atoms with Gasteiger partial charge in [0.05, 0.1) is 5.60 Å². The summed E-state index contributed by atoms with van der Waals surface area (Å²) in [6, 6.07) is 0. The Bertz CT molecular complexity index is 224. The first-order valence-electron chi connectivity index (χ1n) is 7.61. The molecule has 108 valence electrons. The van der Waals surface area contributed by atoms with E-state index in [2.05, 4.69) is 50.3 Å². The lowest BCUT2D eigenvalue weighted by atomic mass is 9.78. The van der Waals surface area contributed by atoms with Crippen LogP contribution in [0.15, 0.2) is 0 Å². The van der Waals surface area contributed by atoms with E-state index in [0.29, 0.717) is 5.41 Å². The summed E-state index contributed by atoms with van der Waals surface area (Å²) >= 11 is 2.52. The molecule has 1 rings (SSSR count). The Morgan fingerprint density at radius 1 is 1.22 bits per heavy atom. The molecular formula is C16H31IO. The molecule has 0 bridgehead atoms. The third-order valence-corrected chi connectivity index (χ3v) is 5.61. The summed E-state index contributed by atoms with van der Waals surface area (Å²) in [5.74, 6) is 0.970. The average Bonchev–Trinajstić information content (AvgIpc) is 2.30. The van der Waals surface area contributed by atoms with Crippen molar-refractivity contribution in [1.82, 2.24) is 0 Å². The third kappa shape index (κ3) is 5.77. The number of hydrogen-bond acceptors (Lipinski definition) is 1. The van der Waals surface area contributed by atoms with Crippen molar-refractivity contribution in [3.63, 3.8) is 0 Å². The Morgan fingerprint density at radius 2 is 1.83 bits per heavy atom. The highest BCUT2D eigenvalue weighted by molar-refractivity contribution is 14.1. The van der Waals surface area contributed by atoms with E-state index in [1.807, 2.05) is 0 Å². The van der Waals surface area contributed by atoms with Crippen molar-refractivity contribution in [2.45, 2.75) is 78.2 Å². The van der Waals surface area contributed by atoms with E-state index in [4.69, 9.17) is 4.74 Å². The summed E-state index contributed by atoms with van der Waals surface area (Å²) in [7, 11) is 0. The van der Waals surface area contributed by atoms with Crippen LogP contribution >= 0.6 is 22.6 Å². The van der Waals surface area contributed by atoms with Crippen LogP contribution in [0.1, 0.15) is 72.6 Å². The van der Waals surface area contributed by atoms with E-state index in [-0.39, 0.29) is 5.60 Å². The number of hydrogen-bond donors (Lipinski definition) is 0. The highest BCUT2D eigenvalue weighted by Crippen LogP contribution is 2.38. The Kier molecular flexibility index (Phi) is 6.95. The molecule has 0 unspecified atom stereocenters. The molecule has 1 aliphatic rings. The molecule has 0 atom stereocenters. The minimum absolute atomic E-state index is 0.204. The van der Waals surface area contributed by atoms with Gasteiger partial charge >= 0.3 is 0 Å². The second-order valence-electron chi connectivity index (χ2n) is 7.21. The van der Waals surface area contributed by atoms with Gasteiger partial charge in [-0.3, -0.25) is 0 Å². The largest absolute Gasteiger partial charge is 0.374 e. The zero-order valence-electron chi connectivity index (χ0n) is 12.7. The van der Waals surface area contributed by atoms with Crippen LogP contribution in [0.3, 0.4) is 0 Å². The first-order chi connectivity index (χ1) is 8.41. The number of alkyl halides is 1. The van der Waals surface area contributed by atoms with Crippen molar-refractivity contribution in [1.29, 1.82) is 0 Å². The zero-order valence-corrected chi connectivity index (χ0v) is 14.9. The van der Waals surface area contributed by atoms with Crippen LogP contribution < -0.4 is 0 Å². The van der Waals surface area contributed by atoms with Crippen LogP contribution in [-0.4, -0.2) is 16.6 Å². The first-order valence-corrected chi connectivity index (χ1v) is 9.13. The Balaban J connectivity index is 2.36. The SMILES string of the molecule is CCCC1CCC(CI)(OCCC(C)(C)C)CC1. The van der Waals surface area contributed by atoms with Crippen LogP contribution in [-0.2, 0) is 4.74 Å². The fourth-order valence-electron chi connectivity index (χ4n) is 2.79. The molecule has 1 nitrogen and oxygen atoms in total. The lowest BCUT2D eigenvalue weighted by Crippen LogP contribution is -2.39. The van der Waals surface area contributed by atoms with Crippen LogP contribution in [0, 0.1) is 11.3 Å². The predicted molar refractivity (Wildman–Crippen MR) is 88.5 cm³/mol. The summed E-state index contributed by atoms with van der Waals surface area (Å²) in [5, 5.41) is 0. The second kappa shape index (κ2) is 7.47. The molecule has 0 heterocycles. The first kappa shape index (κ1) is 16.7. The van der Waals surface area contributed by atoms with Gasteiger partial charge in [0.15, 0.2) is 0 Å². The van der Waals surface area contributed by atoms with Gasteiger partial charge < -0.3 is 4.74 Å². The smallest absolute Gasteiger partial charge is 0.0771 e. The molecule has 0 spiro atoms. The molecule has 18 heavy (non-hydrogen) atoms. The number of ether oxygens (including phenoxy) is 1. The predicted octanol–water partition coefficient (Wildman–Crippen LogP) is 5.60. The van der Waals surface area contributed by atoms with Crippen molar-refractivity contribution >= 4 is 22.6 Å². The topological polar surface area (TPSA) is 9.23 Å². The van der Waals surface area contributed by atoms with Crippen molar-refractivity contribution in [2.75, 3.05) is 11.0 Å². The molecule has 0 aliphatic heterocycles. The molecule has 1 saturated carbocycles. The van der Waals surface area contributed by atoms with Crippen LogP contribution in [0.5, 0.6) is 0 Å². The quantitative estimate of drug-likeness (QED) is 0.439. The van der Waals surface area contributed by atoms with Crippen molar-refractivity contribution in [2.24, 2.45) is 11.3 Å².